The first-order valence-corrected chi connectivity index (χ1v) is 9.19. The van der Waals surface area contributed by atoms with Crippen LogP contribution in [0.1, 0.15) is 17.5 Å². The van der Waals surface area contributed by atoms with Crippen molar-refractivity contribution in [3.05, 3.63) is 64.0 Å². The molecule has 0 aliphatic carbocycles. The van der Waals surface area contributed by atoms with Crippen LogP contribution in [0, 0.1) is 0 Å². The highest BCUT2D eigenvalue weighted by Crippen LogP contribution is 2.28. The highest BCUT2D eigenvalue weighted by molar-refractivity contribution is 5.95. The predicted octanol–water partition coefficient (Wildman–Crippen LogP) is 0.445. The van der Waals surface area contributed by atoms with E-state index in [9.17, 15) is 14.4 Å². The highest BCUT2D eigenvalue weighted by Gasteiger charge is 2.24. The van der Waals surface area contributed by atoms with Crippen molar-refractivity contribution in [2.75, 3.05) is 26.0 Å². The minimum absolute atomic E-state index is 0.144. The fraction of sp³-hybridized carbons (Fsp3) is 0.300. The molecule has 29 heavy (non-hydrogen) atoms. The van der Waals surface area contributed by atoms with Crippen LogP contribution in [-0.2, 0) is 22.4 Å². The van der Waals surface area contributed by atoms with E-state index in [1.54, 1.807) is 0 Å². The molecule has 1 aliphatic heterocycles. The lowest BCUT2D eigenvalue weighted by Crippen LogP contribution is -2.34. The van der Waals surface area contributed by atoms with Gasteiger partial charge in [0.05, 0.1) is 5.56 Å². The zero-order valence-electron chi connectivity index (χ0n) is 16.0. The normalized spacial score (nSPS) is 14.6. The van der Waals surface area contributed by atoms with Gasteiger partial charge in [-0.1, -0.05) is 30.3 Å². The molecule has 3 rings (SSSR count). The molecule has 1 aliphatic rings. The highest BCUT2D eigenvalue weighted by atomic mass is 16.6. The van der Waals surface area contributed by atoms with Gasteiger partial charge in [0.2, 0.25) is 5.75 Å². The molecule has 0 bridgehead atoms. The Morgan fingerprint density at radius 2 is 1.69 bits per heavy atom. The van der Waals surface area contributed by atoms with Gasteiger partial charge in [-0.3, -0.25) is 4.79 Å². The Labute approximate surface area is 167 Å². The number of hydrogen-bond donors (Lipinski definition) is 1. The molecule has 1 aromatic heterocycles. The molecular weight excluding hydrogens is 376 g/mol. The van der Waals surface area contributed by atoms with Crippen LogP contribution >= 0.6 is 0 Å². The Morgan fingerprint density at radius 1 is 1.00 bits per heavy atom. The molecule has 9 nitrogen and oxygen atoms in total. The number of nitrogens with two attached hydrogens (primary N) is 1. The zero-order valence-corrected chi connectivity index (χ0v) is 16.0. The molecule has 0 atom stereocenters. The van der Waals surface area contributed by atoms with Crippen LogP contribution in [0.4, 0.5) is 0 Å². The maximum atomic E-state index is 12.4. The van der Waals surface area contributed by atoms with E-state index in [-0.39, 0.29) is 23.6 Å². The summed E-state index contributed by atoms with van der Waals surface area (Å²) < 4.78 is 10.2. The van der Waals surface area contributed by atoms with E-state index in [4.69, 9.17) is 15.3 Å². The average Bonchev–Trinajstić information content (AvgIpc) is 2.70. The van der Waals surface area contributed by atoms with E-state index in [1.165, 1.54) is 5.56 Å². The average molecular weight is 398 g/mol. The van der Waals surface area contributed by atoms with Gasteiger partial charge in [-0.15, -0.1) is 9.89 Å². The van der Waals surface area contributed by atoms with Gasteiger partial charge in [-0.2, -0.15) is 0 Å². The lowest BCUT2D eigenvalue weighted by molar-refractivity contribution is -0.133. The standard InChI is InChI=1S/C20H22N4O5/c1-23(13-11-14-6-3-2-4-7-14)12-5-8-15-18-19(22-24(21)20(15)27)29-17(26)10-9-16(25)28-18/h2-4,6-7,9-10H,5,8,11-13,21H2,1H3/b10-9+. The smallest absolute Gasteiger partial charge is 0.337 e. The Hall–Kier alpha value is -3.46. The number of nitrogens with zero attached hydrogens (tertiary/aromatic N) is 3. The van der Waals surface area contributed by atoms with Gasteiger partial charge in [0.25, 0.3) is 11.4 Å². The number of nitrogen functional groups attached to an aromatic ring is 1. The van der Waals surface area contributed by atoms with Gasteiger partial charge < -0.3 is 20.2 Å². The van der Waals surface area contributed by atoms with Gasteiger partial charge >= 0.3 is 11.9 Å². The number of ether oxygens (including phenoxy) is 2. The van der Waals surface area contributed by atoms with Crippen molar-refractivity contribution in [1.29, 1.82) is 0 Å². The van der Waals surface area contributed by atoms with Crippen LogP contribution in [-0.4, -0.2) is 46.9 Å². The number of rotatable bonds is 7. The van der Waals surface area contributed by atoms with Crippen molar-refractivity contribution in [3.63, 3.8) is 0 Å². The molecule has 0 unspecified atom stereocenters. The molecule has 2 heterocycles. The lowest BCUT2D eigenvalue weighted by Gasteiger charge is -2.18. The molecular formula is C20H22N4O5. The third kappa shape index (κ3) is 5.29. The van der Waals surface area contributed by atoms with Crippen LogP contribution in [0.3, 0.4) is 0 Å². The zero-order chi connectivity index (χ0) is 20.8. The second-order valence-electron chi connectivity index (χ2n) is 6.68. The van der Waals surface area contributed by atoms with E-state index in [0.29, 0.717) is 17.8 Å². The SMILES string of the molecule is CN(CCCc1c2c(nn(N)c1=O)OC(=O)/C=C/C(=O)O2)CCc1ccccc1. The number of aromatic nitrogens is 2. The van der Waals surface area contributed by atoms with Crippen LogP contribution < -0.4 is 20.9 Å². The molecule has 0 saturated heterocycles. The number of carbonyl (C=O) groups is 2. The molecule has 0 saturated carbocycles. The summed E-state index contributed by atoms with van der Waals surface area (Å²) in [7, 11) is 1.99. The Balaban J connectivity index is 1.67. The van der Waals surface area contributed by atoms with Gasteiger partial charge in [0.1, 0.15) is 0 Å². The number of hydrogen-bond acceptors (Lipinski definition) is 8. The topological polar surface area (TPSA) is 117 Å². The molecule has 0 fully saturated rings. The summed E-state index contributed by atoms with van der Waals surface area (Å²) >= 11 is 0. The summed E-state index contributed by atoms with van der Waals surface area (Å²) in [5.41, 5.74) is 0.789. The van der Waals surface area contributed by atoms with Crippen LogP contribution in [0.15, 0.2) is 47.3 Å². The maximum absolute atomic E-state index is 12.4. The lowest BCUT2D eigenvalue weighted by atomic mass is 10.1. The van der Waals surface area contributed by atoms with Crippen molar-refractivity contribution in [2.24, 2.45) is 0 Å². The Bertz CT molecular complexity index is 984. The van der Waals surface area contributed by atoms with E-state index in [2.05, 4.69) is 22.1 Å². The summed E-state index contributed by atoms with van der Waals surface area (Å²) in [6.45, 7) is 1.57. The van der Waals surface area contributed by atoms with Gasteiger partial charge in [0, 0.05) is 18.7 Å². The summed E-state index contributed by atoms with van der Waals surface area (Å²) in [5, 5.41) is 3.68. The first-order chi connectivity index (χ1) is 13.9. The Kier molecular flexibility index (Phi) is 6.40. The third-order valence-electron chi connectivity index (χ3n) is 4.48. The first-order valence-electron chi connectivity index (χ1n) is 9.19. The molecule has 0 spiro atoms. The first kappa shape index (κ1) is 20.3. The molecule has 0 amide bonds. The number of carbonyl (C=O) groups excluding carboxylic acids is 2. The summed E-state index contributed by atoms with van der Waals surface area (Å²) in [6.07, 6.45) is 3.65. The van der Waals surface area contributed by atoms with E-state index in [1.807, 2.05) is 25.2 Å². The van der Waals surface area contributed by atoms with Crippen LogP contribution in [0.5, 0.6) is 11.6 Å². The minimum atomic E-state index is -0.805. The fourth-order valence-electron chi connectivity index (χ4n) is 2.95. The molecule has 2 N–H and O–H groups in total. The fourth-order valence-corrected chi connectivity index (χ4v) is 2.95. The molecule has 2 aromatic rings. The van der Waals surface area contributed by atoms with Crippen molar-refractivity contribution < 1.29 is 19.1 Å². The predicted molar refractivity (Wildman–Crippen MR) is 105 cm³/mol. The number of fused-ring (bicyclic) bond motifs is 1. The minimum Gasteiger partial charge on any atom is -0.417 e. The second-order valence-corrected chi connectivity index (χ2v) is 6.68. The molecule has 152 valence electrons. The second kappa shape index (κ2) is 9.16. The van der Waals surface area contributed by atoms with Gasteiger partial charge in [0.15, 0.2) is 0 Å². The van der Waals surface area contributed by atoms with Crippen LogP contribution in [0.25, 0.3) is 0 Å². The molecule has 9 heteroatoms. The van der Waals surface area contributed by atoms with Gasteiger partial charge in [-0.25, -0.2) is 9.59 Å². The van der Waals surface area contributed by atoms with E-state index >= 15 is 0 Å². The third-order valence-corrected chi connectivity index (χ3v) is 4.48. The number of esters is 2. The summed E-state index contributed by atoms with van der Waals surface area (Å²) in [5.74, 6) is 3.53. The monoisotopic (exact) mass is 398 g/mol. The number of benzene rings is 1. The summed E-state index contributed by atoms with van der Waals surface area (Å²) in [6, 6.07) is 10.2. The maximum Gasteiger partial charge on any atom is 0.337 e. The van der Waals surface area contributed by atoms with E-state index < -0.39 is 17.5 Å². The largest absolute Gasteiger partial charge is 0.417 e. The van der Waals surface area contributed by atoms with Crippen molar-refractivity contribution in [3.8, 4) is 11.6 Å². The Morgan fingerprint density at radius 3 is 2.41 bits per heavy atom. The van der Waals surface area contributed by atoms with Crippen molar-refractivity contribution in [1.82, 2.24) is 14.8 Å². The quantitative estimate of drug-likeness (QED) is 0.528. The molecule has 1 aromatic carbocycles. The van der Waals surface area contributed by atoms with Crippen molar-refractivity contribution >= 4 is 11.9 Å². The van der Waals surface area contributed by atoms with Crippen molar-refractivity contribution in [2.45, 2.75) is 19.3 Å². The van der Waals surface area contributed by atoms with Crippen LogP contribution in [0.2, 0.25) is 0 Å². The number of likely N-dealkylation sites (N-methyl/N-ethyl adjacent to an activating group) is 1. The van der Waals surface area contributed by atoms with Gasteiger partial charge in [-0.05, 0) is 38.4 Å². The summed E-state index contributed by atoms with van der Waals surface area (Å²) in [4.78, 5) is 38.6. The van der Waals surface area contributed by atoms with E-state index in [0.717, 1.165) is 25.1 Å². The molecule has 0 radical (unpaired) electrons.